The van der Waals surface area contributed by atoms with Crippen LogP contribution in [0.5, 0.6) is 0 Å². The van der Waals surface area contributed by atoms with E-state index in [1.54, 1.807) is 6.20 Å². The van der Waals surface area contributed by atoms with E-state index in [9.17, 15) is 9.18 Å². The number of amides is 1. The molecule has 3 aromatic rings. The molecule has 34 heavy (non-hydrogen) atoms. The molecule has 1 saturated heterocycles. The lowest BCUT2D eigenvalue weighted by Crippen LogP contribution is -2.39. The maximum atomic E-state index is 14.6. The molecule has 0 aliphatic carbocycles. The fourth-order valence-corrected chi connectivity index (χ4v) is 4.40. The van der Waals surface area contributed by atoms with Gasteiger partial charge in [-0.05, 0) is 57.2 Å². The van der Waals surface area contributed by atoms with Crippen LogP contribution in [0.2, 0.25) is 0 Å². The first kappa shape index (κ1) is 23.9. The quantitative estimate of drug-likeness (QED) is 0.560. The number of halogens is 1. The zero-order valence-corrected chi connectivity index (χ0v) is 20.4. The van der Waals surface area contributed by atoms with E-state index in [4.69, 9.17) is 14.7 Å². The number of carbonyl (C=O) groups is 1. The molecule has 3 aromatic heterocycles. The van der Waals surface area contributed by atoms with E-state index in [0.29, 0.717) is 40.3 Å². The summed E-state index contributed by atoms with van der Waals surface area (Å²) in [6.07, 6.45) is 2.37. The predicted molar refractivity (Wildman–Crippen MR) is 131 cm³/mol. The number of ether oxygens (including phenoxy) is 1. The van der Waals surface area contributed by atoms with Crippen molar-refractivity contribution in [2.45, 2.75) is 53.2 Å². The van der Waals surface area contributed by atoms with Crippen LogP contribution in [-0.4, -0.2) is 39.7 Å². The molecule has 1 aliphatic heterocycles. The summed E-state index contributed by atoms with van der Waals surface area (Å²) >= 11 is 0. The van der Waals surface area contributed by atoms with E-state index in [2.05, 4.69) is 29.0 Å². The number of aromatic nitrogens is 3. The summed E-state index contributed by atoms with van der Waals surface area (Å²) in [4.78, 5) is 28.0. The van der Waals surface area contributed by atoms with E-state index in [1.165, 1.54) is 18.6 Å². The summed E-state index contributed by atoms with van der Waals surface area (Å²) in [5, 5.41) is 3.55. The Labute approximate surface area is 199 Å². The number of hydrogen-bond acceptors (Lipinski definition) is 6. The Balaban J connectivity index is 1.57. The van der Waals surface area contributed by atoms with Gasteiger partial charge in [0.1, 0.15) is 17.2 Å². The van der Waals surface area contributed by atoms with Crippen molar-refractivity contribution in [1.82, 2.24) is 20.3 Å². The number of alkyl carbamates (subject to hydrolysis) is 1. The average Bonchev–Trinajstić information content (AvgIpc) is 2.75. The monoisotopic (exact) mass is 465 g/mol. The van der Waals surface area contributed by atoms with Gasteiger partial charge in [-0.2, -0.15) is 0 Å². The molecule has 4 heterocycles. The number of rotatable bonds is 4. The SMILES string of the molecule is CC1CC(C)CN(c2cc(F)cc(-c3ccc4cnc(CNC(=O)OC(C)(C)C)cc4n3)n2)C1. The lowest BCUT2D eigenvalue weighted by molar-refractivity contribution is 0.0523. The van der Waals surface area contributed by atoms with E-state index in [1.807, 2.05) is 39.0 Å². The molecule has 1 fully saturated rings. The van der Waals surface area contributed by atoms with Gasteiger partial charge in [0, 0.05) is 36.8 Å². The van der Waals surface area contributed by atoms with E-state index < -0.39 is 11.7 Å². The van der Waals surface area contributed by atoms with Gasteiger partial charge in [-0.15, -0.1) is 0 Å². The molecule has 1 amide bonds. The Bertz CT molecular complexity index is 1180. The van der Waals surface area contributed by atoms with E-state index >= 15 is 0 Å². The maximum Gasteiger partial charge on any atom is 0.407 e. The molecule has 0 bridgehead atoms. The molecule has 0 saturated carbocycles. The first-order valence-electron chi connectivity index (χ1n) is 11.7. The van der Waals surface area contributed by atoms with Crippen molar-refractivity contribution >= 4 is 22.8 Å². The van der Waals surface area contributed by atoms with Crippen LogP contribution in [0.1, 0.15) is 46.7 Å². The normalized spacial score (nSPS) is 18.7. The summed E-state index contributed by atoms with van der Waals surface area (Å²) in [6, 6.07) is 8.45. The summed E-state index contributed by atoms with van der Waals surface area (Å²) in [6.45, 7) is 11.8. The second-order valence-electron chi connectivity index (χ2n) is 10.3. The van der Waals surface area contributed by atoms with Gasteiger partial charge in [0.25, 0.3) is 0 Å². The number of carbonyl (C=O) groups excluding carboxylic acids is 1. The molecule has 1 aliphatic rings. The largest absolute Gasteiger partial charge is 0.444 e. The van der Waals surface area contributed by atoms with Gasteiger partial charge in [0.15, 0.2) is 0 Å². The Hall–Kier alpha value is -3.29. The average molecular weight is 466 g/mol. The molecular weight excluding hydrogens is 433 g/mol. The molecule has 0 radical (unpaired) electrons. The minimum Gasteiger partial charge on any atom is -0.444 e. The highest BCUT2D eigenvalue weighted by Gasteiger charge is 2.24. The van der Waals surface area contributed by atoms with Crippen molar-refractivity contribution in [2.75, 3.05) is 18.0 Å². The van der Waals surface area contributed by atoms with E-state index in [-0.39, 0.29) is 12.4 Å². The topological polar surface area (TPSA) is 80.2 Å². The Kier molecular flexibility index (Phi) is 6.68. The second-order valence-corrected chi connectivity index (χ2v) is 10.3. The van der Waals surface area contributed by atoms with Crippen LogP contribution in [0.4, 0.5) is 15.0 Å². The fraction of sp³-hybridized carbons (Fsp3) is 0.462. The zero-order chi connectivity index (χ0) is 24.5. The molecule has 2 unspecified atom stereocenters. The Morgan fingerprint density at radius 2 is 1.85 bits per heavy atom. The number of hydrogen-bond donors (Lipinski definition) is 1. The van der Waals surface area contributed by atoms with Gasteiger partial charge in [0.05, 0.1) is 29.1 Å². The lowest BCUT2D eigenvalue weighted by atomic mass is 9.92. The number of anilines is 1. The molecule has 0 spiro atoms. The van der Waals surface area contributed by atoms with Crippen molar-refractivity contribution in [2.24, 2.45) is 11.8 Å². The first-order chi connectivity index (χ1) is 16.1. The van der Waals surface area contributed by atoms with Gasteiger partial charge in [0.2, 0.25) is 0 Å². The number of piperidine rings is 1. The number of fused-ring (bicyclic) bond motifs is 1. The summed E-state index contributed by atoms with van der Waals surface area (Å²) in [7, 11) is 0. The summed E-state index contributed by atoms with van der Waals surface area (Å²) in [5.41, 5.74) is 1.85. The first-order valence-corrected chi connectivity index (χ1v) is 11.7. The summed E-state index contributed by atoms with van der Waals surface area (Å²) in [5.74, 6) is 1.39. The molecule has 1 N–H and O–H groups in total. The van der Waals surface area contributed by atoms with Crippen molar-refractivity contribution in [3.8, 4) is 11.4 Å². The smallest absolute Gasteiger partial charge is 0.407 e. The van der Waals surface area contributed by atoms with Crippen LogP contribution < -0.4 is 10.2 Å². The highest BCUT2D eigenvalue weighted by atomic mass is 19.1. The van der Waals surface area contributed by atoms with Gasteiger partial charge < -0.3 is 15.0 Å². The van der Waals surface area contributed by atoms with E-state index in [0.717, 1.165) is 18.5 Å². The number of nitrogens with one attached hydrogen (secondary N) is 1. The van der Waals surface area contributed by atoms with Crippen LogP contribution in [0.15, 0.2) is 36.5 Å². The van der Waals surface area contributed by atoms with Crippen molar-refractivity contribution in [3.63, 3.8) is 0 Å². The molecule has 0 aromatic carbocycles. The summed E-state index contributed by atoms with van der Waals surface area (Å²) < 4.78 is 19.8. The predicted octanol–water partition coefficient (Wildman–Crippen LogP) is 5.34. The van der Waals surface area contributed by atoms with Crippen molar-refractivity contribution < 1.29 is 13.9 Å². The number of nitrogens with zero attached hydrogens (tertiary/aromatic N) is 4. The minimum atomic E-state index is -0.571. The van der Waals surface area contributed by atoms with Crippen LogP contribution in [0.3, 0.4) is 0 Å². The highest BCUT2D eigenvalue weighted by molar-refractivity contribution is 5.81. The van der Waals surface area contributed by atoms with Crippen molar-refractivity contribution in [1.29, 1.82) is 0 Å². The number of pyridine rings is 3. The van der Waals surface area contributed by atoms with Crippen LogP contribution >= 0.6 is 0 Å². The third kappa shape index (κ3) is 5.98. The standard InChI is InChI=1S/C26H32FN5O2/c1-16-8-17(2)15-32(14-16)24-10-19(27)9-23(31-24)21-7-6-18-12-28-20(11-22(18)30-21)13-29-25(33)34-26(3,4)5/h6-7,9-12,16-17H,8,13-15H2,1-5H3,(H,29,33). The van der Waals surface area contributed by atoms with Gasteiger partial charge >= 0.3 is 6.09 Å². The molecular formula is C26H32FN5O2. The third-order valence-corrected chi connectivity index (χ3v) is 5.67. The van der Waals surface area contributed by atoms with Gasteiger partial charge in [-0.1, -0.05) is 13.8 Å². The van der Waals surface area contributed by atoms with Crippen molar-refractivity contribution in [3.05, 3.63) is 48.0 Å². The van der Waals surface area contributed by atoms with Gasteiger partial charge in [-0.3, -0.25) is 4.98 Å². The molecule has 8 heteroatoms. The minimum absolute atomic E-state index is 0.213. The zero-order valence-electron chi connectivity index (χ0n) is 20.4. The second kappa shape index (κ2) is 9.52. The van der Waals surface area contributed by atoms with Crippen LogP contribution in [-0.2, 0) is 11.3 Å². The molecule has 180 valence electrons. The van der Waals surface area contributed by atoms with Gasteiger partial charge in [-0.25, -0.2) is 19.2 Å². The molecule has 2 atom stereocenters. The lowest BCUT2D eigenvalue weighted by Gasteiger charge is -2.36. The van der Waals surface area contributed by atoms with Crippen LogP contribution in [0.25, 0.3) is 22.3 Å². The molecule has 4 rings (SSSR count). The fourth-order valence-electron chi connectivity index (χ4n) is 4.40. The highest BCUT2D eigenvalue weighted by Crippen LogP contribution is 2.28. The third-order valence-electron chi connectivity index (χ3n) is 5.67. The Morgan fingerprint density at radius 1 is 1.12 bits per heavy atom. The van der Waals surface area contributed by atoms with Crippen LogP contribution in [0, 0.1) is 17.7 Å². The Morgan fingerprint density at radius 3 is 2.56 bits per heavy atom. The maximum absolute atomic E-state index is 14.6. The molecule has 7 nitrogen and oxygen atoms in total.